The van der Waals surface area contributed by atoms with Gasteiger partial charge in [0.15, 0.2) is 5.96 Å². The number of aromatic nitrogens is 1. The van der Waals surface area contributed by atoms with Crippen LogP contribution in [-0.2, 0) is 6.54 Å². The molecule has 2 aromatic rings. The standard InChI is InChI=1S/C21H30N4O2S/c1-6-26-17-7-9-18(10-8-17)27-19-13-16(11-12-23-19)14-24-20(22-4)25-15-21(2,3)28-5/h7-13H,6,14-15H2,1-5H3,(H2,22,24,25). The monoisotopic (exact) mass is 402 g/mol. The molecule has 1 aromatic heterocycles. The van der Waals surface area contributed by atoms with Gasteiger partial charge >= 0.3 is 0 Å². The van der Waals surface area contributed by atoms with Crippen LogP contribution in [-0.4, -0.2) is 42.1 Å². The molecule has 0 unspecified atom stereocenters. The van der Waals surface area contributed by atoms with Crippen molar-refractivity contribution in [3.8, 4) is 17.4 Å². The second kappa shape index (κ2) is 10.8. The Hall–Kier alpha value is -2.41. The minimum atomic E-state index is 0.146. The number of nitrogens with one attached hydrogen (secondary N) is 2. The fourth-order valence-electron chi connectivity index (χ4n) is 2.28. The van der Waals surface area contributed by atoms with Gasteiger partial charge in [0.2, 0.25) is 5.88 Å². The Bertz CT molecular complexity index is 763. The molecule has 0 saturated carbocycles. The highest BCUT2D eigenvalue weighted by Crippen LogP contribution is 2.23. The van der Waals surface area contributed by atoms with Gasteiger partial charge in [-0.05, 0) is 62.9 Å². The molecule has 0 aliphatic rings. The maximum Gasteiger partial charge on any atom is 0.219 e. The van der Waals surface area contributed by atoms with Gasteiger partial charge in [-0.1, -0.05) is 0 Å². The molecule has 0 amide bonds. The second-order valence-electron chi connectivity index (χ2n) is 6.75. The highest BCUT2D eigenvalue weighted by Gasteiger charge is 2.16. The van der Waals surface area contributed by atoms with E-state index in [2.05, 4.69) is 40.7 Å². The van der Waals surface area contributed by atoms with E-state index in [9.17, 15) is 0 Å². The van der Waals surface area contributed by atoms with Crippen molar-refractivity contribution in [3.63, 3.8) is 0 Å². The first-order valence-corrected chi connectivity index (χ1v) is 10.5. The highest BCUT2D eigenvalue weighted by atomic mass is 32.2. The Morgan fingerprint density at radius 1 is 1.14 bits per heavy atom. The Kier molecular flexibility index (Phi) is 8.44. The van der Waals surface area contributed by atoms with Crippen molar-refractivity contribution < 1.29 is 9.47 Å². The molecule has 6 nitrogen and oxygen atoms in total. The van der Waals surface area contributed by atoms with Crippen molar-refractivity contribution >= 4 is 17.7 Å². The van der Waals surface area contributed by atoms with Crippen LogP contribution in [0.2, 0.25) is 0 Å². The van der Waals surface area contributed by atoms with Crippen LogP contribution in [0.4, 0.5) is 0 Å². The number of hydrogen-bond acceptors (Lipinski definition) is 5. The third-order valence-corrected chi connectivity index (χ3v) is 5.32. The SMILES string of the molecule is CCOc1ccc(Oc2cc(CNC(=NC)NCC(C)(C)SC)ccn2)cc1. The van der Waals surface area contributed by atoms with E-state index in [1.165, 1.54) is 0 Å². The summed E-state index contributed by atoms with van der Waals surface area (Å²) in [6, 6.07) is 11.4. The molecule has 1 aromatic carbocycles. The zero-order valence-corrected chi connectivity index (χ0v) is 18.1. The summed E-state index contributed by atoms with van der Waals surface area (Å²) < 4.78 is 11.4. The summed E-state index contributed by atoms with van der Waals surface area (Å²) >= 11 is 1.82. The Morgan fingerprint density at radius 2 is 1.86 bits per heavy atom. The minimum absolute atomic E-state index is 0.146. The molecule has 0 aliphatic carbocycles. The smallest absolute Gasteiger partial charge is 0.219 e. The van der Waals surface area contributed by atoms with E-state index in [0.717, 1.165) is 29.6 Å². The van der Waals surface area contributed by atoms with E-state index >= 15 is 0 Å². The molecule has 0 spiro atoms. The fourth-order valence-corrected chi connectivity index (χ4v) is 2.50. The van der Waals surface area contributed by atoms with Gasteiger partial charge in [-0.25, -0.2) is 4.98 Å². The summed E-state index contributed by atoms with van der Waals surface area (Å²) in [5.74, 6) is 2.87. The number of guanidine groups is 1. The third-order valence-electron chi connectivity index (χ3n) is 4.07. The maximum atomic E-state index is 5.85. The van der Waals surface area contributed by atoms with E-state index in [1.807, 2.05) is 55.1 Å². The van der Waals surface area contributed by atoms with E-state index in [0.29, 0.717) is 19.0 Å². The molecule has 7 heteroatoms. The Labute approximate surface area is 172 Å². The molecule has 1 heterocycles. The maximum absolute atomic E-state index is 5.85. The number of ether oxygens (including phenoxy) is 2. The van der Waals surface area contributed by atoms with Gasteiger partial charge in [0.25, 0.3) is 0 Å². The number of nitrogens with zero attached hydrogens (tertiary/aromatic N) is 2. The number of thioether (sulfide) groups is 1. The largest absolute Gasteiger partial charge is 0.494 e. The van der Waals surface area contributed by atoms with Crippen LogP contribution in [0.15, 0.2) is 47.6 Å². The molecular formula is C21H30N4O2S. The summed E-state index contributed by atoms with van der Waals surface area (Å²) in [5.41, 5.74) is 1.06. The molecule has 0 aliphatic heterocycles. The van der Waals surface area contributed by atoms with Crippen molar-refractivity contribution in [1.82, 2.24) is 15.6 Å². The average Bonchev–Trinajstić information content (AvgIpc) is 2.70. The van der Waals surface area contributed by atoms with Crippen molar-refractivity contribution in [2.75, 3.05) is 26.5 Å². The van der Waals surface area contributed by atoms with Crippen LogP contribution in [0.25, 0.3) is 0 Å². The van der Waals surface area contributed by atoms with Crippen LogP contribution < -0.4 is 20.1 Å². The van der Waals surface area contributed by atoms with Gasteiger partial charge < -0.3 is 20.1 Å². The third kappa shape index (κ3) is 7.31. The summed E-state index contributed by atoms with van der Waals surface area (Å²) in [6.45, 7) is 8.46. The molecule has 0 bridgehead atoms. The number of rotatable bonds is 9. The normalized spacial score (nSPS) is 11.8. The number of pyridine rings is 1. The quantitative estimate of drug-likeness (QED) is 0.487. The van der Waals surface area contributed by atoms with Crippen molar-refractivity contribution in [3.05, 3.63) is 48.2 Å². The minimum Gasteiger partial charge on any atom is -0.494 e. The first-order valence-electron chi connectivity index (χ1n) is 9.31. The first kappa shape index (κ1) is 21.9. The van der Waals surface area contributed by atoms with Crippen molar-refractivity contribution in [1.29, 1.82) is 0 Å². The van der Waals surface area contributed by atoms with Gasteiger partial charge in [-0.2, -0.15) is 11.8 Å². The topological polar surface area (TPSA) is 67.8 Å². The van der Waals surface area contributed by atoms with Crippen LogP contribution >= 0.6 is 11.8 Å². The lowest BCUT2D eigenvalue weighted by molar-refractivity contribution is 0.339. The van der Waals surface area contributed by atoms with E-state index in [-0.39, 0.29) is 4.75 Å². The lowest BCUT2D eigenvalue weighted by Gasteiger charge is -2.23. The second-order valence-corrected chi connectivity index (χ2v) is 8.27. The molecule has 0 atom stereocenters. The number of aliphatic imine (C=N–C) groups is 1. The van der Waals surface area contributed by atoms with Gasteiger partial charge in [0.05, 0.1) is 6.61 Å². The predicted octanol–water partition coefficient (Wildman–Crippen LogP) is 4.08. The molecule has 0 saturated heterocycles. The lowest BCUT2D eigenvalue weighted by atomic mass is 10.2. The Balaban J connectivity index is 1.91. The van der Waals surface area contributed by atoms with Crippen LogP contribution in [0.5, 0.6) is 17.4 Å². The van der Waals surface area contributed by atoms with Gasteiger partial charge in [-0.3, -0.25) is 4.99 Å². The lowest BCUT2D eigenvalue weighted by Crippen LogP contribution is -2.42. The molecule has 2 rings (SSSR count). The van der Waals surface area contributed by atoms with Crippen molar-refractivity contribution in [2.45, 2.75) is 32.1 Å². The first-order chi connectivity index (χ1) is 13.5. The Morgan fingerprint density at radius 3 is 2.50 bits per heavy atom. The van der Waals surface area contributed by atoms with Crippen LogP contribution in [0, 0.1) is 0 Å². The molecule has 0 fully saturated rings. The summed E-state index contributed by atoms with van der Waals surface area (Å²) in [4.78, 5) is 8.57. The highest BCUT2D eigenvalue weighted by molar-refractivity contribution is 7.99. The molecular weight excluding hydrogens is 372 g/mol. The van der Waals surface area contributed by atoms with E-state index in [1.54, 1.807) is 13.2 Å². The van der Waals surface area contributed by atoms with Crippen molar-refractivity contribution in [2.24, 2.45) is 4.99 Å². The summed E-state index contributed by atoms with van der Waals surface area (Å²) in [6.07, 6.45) is 3.86. The molecule has 0 radical (unpaired) electrons. The average molecular weight is 403 g/mol. The number of hydrogen-bond donors (Lipinski definition) is 2. The van der Waals surface area contributed by atoms with Crippen LogP contribution in [0.3, 0.4) is 0 Å². The zero-order valence-electron chi connectivity index (χ0n) is 17.3. The fraction of sp³-hybridized carbons (Fsp3) is 0.429. The van der Waals surface area contributed by atoms with Gasteiger partial charge in [0.1, 0.15) is 11.5 Å². The summed E-state index contributed by atoms with van der Waals surface area (Å²) in [5, 5.41) is 6.68. The van der Waals surface area contributed by atoms with E-state index < -0.39 is 0 Å². The molecule has 28 heavy (non-hydrogen) atoms. The van der Waals surface area contributed by atoms with Gasteiger partial charge in [0, 0.05) is 37.1 Å². The van der Waals surface area contributed by atoms with E-state index in [4.69, 9.17) is 9.47 Å². The number of benzene rings is 1. The van der Waals surface area contributed by atoms with Gasteiger partial charge in [-0.15, -0.1) is 0 Å². The molecule has 2 N–H and O–H groups in total. The zero-order chi connectivity index (χ0) is 20.4. The summed E-state index contributed by atoms with van der Waals surface area (Å²) in [7, 11) is 1.77. The predicted molar refractivity (Wildman–Crippen MR) is 118 cm³/mol. The molecule has 152 valence electrons. The van der Waals surface area contributed by atoms with Crippen LogP contribution in [0.1, 0.15) is 26.3 Å².